The summed E-state index contributed by atoms with van der Waals surface area (Å²) in [4.78, 5) is 0. The number of hydrogen-bond acceptors (Lipinski definition) is 3. The van der Waals surface area contributed by atoms with E-state index in [1.54, 1.807) is 0 Å². The Bertz CT molecular complexity index is 83.0. The zero-order valence-corrected chi connectivity index (χ0v) is 6.35. The zero-order valence-electron chi connectivity index (χ0n) is 6.35. The van der Waals surface area contributed by atoms with Crippen LogP contribution in [0.25, 0.3) is 0 Å². The van der Waals surface area contributed by atoms with Crippen LogP contribution in [0.15, 0.2) is 0 Å². The van der Waals surface area contributed by atoms with Crippen LogP contribution in [0.2, 0.25) is 0 Å². The summed E-state index contributed by atoms with van der Waals surface area (Å²) in [5.74, 6) is 0. The molecule has 0 saturated carbocycles. The molecule has 0 rings (SSSR count). The van der Waals surface area contributed by atoms with Crippen molar-refractivity contribution in [1.29, 1.82) is 0 Å². The molecule has 0 aromatic rings. The first-order chi connectivity index (χ1) is 5.27. The minimum Gasteiger partial charge on any atom is -0.379 e. The Morgan fingerprint density at radius 2 is 2.09 bits per heavy atom. The van der Waals surface area contributed by atoms with Crippen LogP contribution in [0.4, 0.5) is 8.78 Å². The van der Waals surface area contributed by atoms with Gasteiger partial charge in [-0.2, -0.15) is 0 Å². The predicted molar refractivity (Wildman–Crippen MR) is 38.7 cm³/mol. The second kappa shape index (κ2) is 7.84. The van der Waals surface area contributed by atoms with Crippen LogP contribution in [0.1, 0.15) is 0 Å². The molecule has 0 aromatic heterocycles. The largest absolute Gasteiger partial charge is 0.379 e. The number of ether oxygens (including phenoxy) is 1. The highest BCUT2D eigenvalue weighted by molar-refractivity contribution is 4.47. The van der Waals surface area contributed by atoms with Gasteiger partial charge in [0.15, 0.2) is 0 Å². The van der Waals surface area contributed by atoms with E-state index in [0.29, 0.717) is 26.3 Å². The second-order valence-corrected chi connectivity index (χ2v) is 2.00. The molecule has 3 nitrogen and oxygen atoms in total. The van der Waals surface area contributed by atoms with Gasteiger partial charge in [0.2, 0.25) is 0 Å². The Hall–Kier alpha value is -0.260. The van der Waals surface area contributed by atoms with Crippen molar-refractivity contribution in [2.75, 3.05) is 32.8 Å². The van der Waals surface area contributed by atoms with Gasteiger partial charge in [0.25, 0.3) is 6.43 Å². The lowest BCUT2D eigenvalue weighted by Crippen LogP contribution is -2.26. The van der Waals surface area contributed by atoms with E-state index in [1.807, 2.05) is 0 Å². The Balaban J connectivity index is 2.80. The smallest absolute Gasteiger partial charge is 0.250 e. The van der Waals surface area contributed by atoms with Gasteiger partial charge in [-0.1, -0.05) is 0 Å². The standard InChI is InChI=1S/C6H14F2N2O/c7-6(8)5-10-2-4-11-3-1-9/h6,10H,1-5,9H2. The van der Waals surface area contributed by atoms with E-state index >= 15 is 0 Å². The molecule has 0 amide bonds. The third-order valence-electron chi connectivity index (χ3n) is 0.984. The average Bonchev–Trinajstić information content (AvgIpc) is 1.96. The third kappa shape index (κ3) is 9.74. The molecule has 0 unspecified atom stereocenters. The molecule has 0 atom stereocenters. The Morgan fingerprint density at radius 1 is 1.36 bits per heavy atom. The third-order valence-corrected chi connectivity index (χ3v) is 0.984. The molecule has 0 fully saturated rings. The van der Waals surface area contributed by atoms with E-state index in [0.717, 1.165) is 0 Å². The van der Waals surface area contributed by atoms with Gasteiger partial charge in [-0.25, -0.2) is 8.78 Å². The van der Waals surface area contributed by atoms with Crippen LogP contribution >= 0.6 is 0 Å². The first-order valence-electron chi connectivity index (χ1n) is 3.54. The van der Waals surface area contributed by atoms with Gasteiger partial charge in [0.1, 0.15) is 0 Å². The summed E-state index contributed by atoms with van der Waals surface area (Å²) < 4.78 is 27.9. The van der Waals surface area contributed by atoms with E-state index in [1.165, 1.54) is 0 Å². The number of halogens is 2. The van der Waals surface area contributed by atoms with Crippen molar-refractivity contribution in [2.24, 2.45) is 5.73 Å². The Morgan fingerprint density at radius 3 is 2.64 bits per heavy atom. The highest BCUT2D eigenvalue weighted by Crippen LogP contribution is 1.86. The molecule has 5 heteroatoms. The summed E-state index contributed by atoms with van der Waals surface area (Å²) in [7, 11) is 0. The zero-order chi connectivity index (χ0) is 8.53. The summed E-state index contributed by atoms with van der Waals surface area (Å²) in [5, 5.41) is 2.53. The molecule has 0 saturated heterocycles. The van der Waals surface area contributed by atoms with Gasteiger partial charge in [0, 0.05) is 13.1 Å². The maximum Gasteiger partial charge on any atom is 0.250 e. The minimum atomic E-state index is -2.29. The lowest BCUT2D eigenvalue weighted by atomic mass is 10.6. The molecule has 68 valence electrons. The second-order valence-electron chi connectivity index (χ2n) is 2.00. The minimum absolute atomic E-state index is 0.272. The SMILES string of the molecule is NCCOCCNCC(F)F. The highest BCUT2D eigenvalue weighted by Gasteiger charge is 1.98. The maximum atomic E-state index is 11.5. The van der Waals surface area contributed by atoms with Crippen molar-refractivity contribution in [3.63, 3.8) is 0 Å². The first kappa shape index (κ1) is 10.7. The van der Waals surface area contributed by atoms with Gasteiger partial charge in [-0.15, -0.1) is 0 Å². The Kier molecular flexibility index (Phi) is 7.66. The van der Waals surface area contributed by atoms with Crippen molar-refractivity contribution in [3.8, 4) is 0 Å². The summed E-state index contributed by atoms with van der Waals surface area (Å²) in [6.07, 6.45) is -2.29. The molecule has 3 N–H and O–H groups in total. The summed E-state index contributed by atoms with van der Waals surface area (Å²) in [5.41, 5.74) is 5.13. The quantitative estimate of drug-likeness (QED) is 0.518. The number of nitrogens with one attached hydrogen (secondary N) is 1. The van der Waals surface area contributed by atoms with Gasteiger partial charge in [0.05, 0.1) is 19.8 Å². The van der Waals surface area contributed by atoms with Crippen molar-refractivity contribution in [1.82, 2.24) is 5.32 Å². The van der Waals surface area contributed by atoms with E-state index in [2.05, 4.69) is 5.32 Å². The van der Waals surface area contributed by atoms with E-state index < -0.39 is 6.43 Å². The average molecular weight is 168 g/mol. The van der Waals surface area contributed by atoms with Crippen molar-refractivity contribution >= 4 is 0 Å². The number of alkyl halides is 2. The molecule has 0 aliphatic carbocycles. The summed E-state index contributed by atoms with van der Waals surface area (Å²) in [6.45, 7) is 1.56. The molecule has 0 aromatic carbocycles. The van der Waals surface area contributed by atoms with E-state index in [-0.39, 0.29) is 6.54 Å². The molecule has 0 spiro atoms. The van der Waals surface area contributed by atoms with Crippen LogP contribution in [-0.2, 0) is 4.74 Å². The van der Waals surface area contributed by atoms with Gasteiger partial charge < -0.3 is 15.8 Å². The van der Waals surface area contributed by atoms with Crippen molar-refractivity contribution < 1.29 is 13.5 Å². The fourth-order valence-corrected chi connectivity index (χ4v) is 0.541. The van der Waals surface area contributed by atoms with Gasteiger partial charge in [-0.05, 0) is 0 Å². The predicted octanol–water partition coefficient (Wildman–Crippen LogP) is -0.184. The lowest BCUT2D eigenvalue weighted by molar-refractivity contribution is 0.123. The van der Waals surface area contributed by atoms with Crippen LogP contribution in [0, 0.1) is 0 Å². The fourth-order valence-electron chi connectivity index (χ4n) is 0.541. The molecular formula is C6H14F2N2O. The van der Waals surface area contributed by atoms with Crippen LogP contribution in [0.3, 0.4) is 0 Å². The summed E-state index contributed by atoms with van der Waals surface area (Å²) in [6, 6.07) is 0. The molecule has 0 aliphatic heterocycles. The first-order valence-corrected chi connectivity index (χ1v) is 3.54. The van der Waals surface area contributed by atoms with Crippen LogP contribution < -0.4 is 11.1 Å². The fraction of sp³-hybridized carbons (Fsp3) is 1.00. The molecule has 0 radical (unpaired) electrons. The number of nitrogens with two attached hydrogens (primary N) is 1. The number of rotatable bonds is 7. The maximum absolute atomic E-state index is 11.5. The van der Waals surface area contributed by atoms with Crippen LogP contribution in [-0.4, -0.2) is 39.3 Å². The summed E-state index contributed by atoms with van der Waals surface area (Å²) >= 11 is 0. The van der Waals surface area contributed by atoms with Crippen molar-refractivity contribution in [3.05, 3.63) is 0 Å². The highest BCUT2D eigenvalue weighted by atomic mass is 19.3. The number of hydrogen-bond donors (Lipinski definition) is 2. The van der Waals surface area contributed by atoms with Gasteiger partial charge >= 0.3 is 0 Å². The van der Waals surface area contributed by atoms with Crippen molar-refractivity contribution in [2.45, 2.75) is 6.43 Å². The topological polar surface area (TPSA) is 47.3 Å². The molecule has 0 aliphatic rings. The monoisotopic (exact) mass is 168 g/mol. The van der Waals surface area contributed by atoms with E-state index in [9.17, 15) is 8.78 Å². The molecule has 0 bridgehead atoms. The van der Waals surface area contributed by atoms with E-state index in [4.69, 9.17) is 10.5 Å². The molecular weight excluding hydrogens is 154 g/mol. The van der Waals surface area contributed by atoms with Gasteiger partial charge in [-0.3, -0.25) is 0 Å². The molecule has 0 heterocycles. The lowest BCUT2D eigenvalue weighted by Gasteiger charge is -2.03. The molecule has 11 heavy (non-hydrogen) atoms. The van der Waals surface area contributed by atoms with Crippen LogP contribution in [0.5, 0.6) is 0 Å². The normalized spacial score (nSPS) is 10.9. The Labute approximate surface area is 64.9 Å².